The molecule has 10 heteroatoms. The molecular weight excluding hydrogens is 449 g/mol. The van der Waals surface area contributed by atoms with Crippen molar-refractivity contribution < 1.29 is 17.9 Å². The molecule has 0 atom stereocenters. The lowest BCUT2D eigenvalue weighted by molar-refractivity contribution is -0.119. The van der Waals surface area contributed by atoms with Crippen molar-refractivity contribution in [2.24, 2.45) is 0 Å². The molecule has 0 spiro atoms. The molecule has 0 bridgehead atoms. The summed E-state index contributed by atoms with van der Waals surface area (Å²) in [5.74, 6) is -0.432. The number of sulfonamides is 1. The lowest BCUT2D eigenvalue weighted by Crippen LogP contribution is -2.45. The Balaban J connectivity index is 1.77. The van der Waals surface area contributed by atoms with Crippen LogP contribution in [0.4, 0.5) is 5.69 Å². The monoisotopic (exact) mass is 471 g/mol. The highest BCUT2D eigenvalue weighted by Crippen LogP contribution is 2.32. The average molecular weight is 472 g/mol. The van der Waals surface area contributed by atoms with Gasteiger partial charge in [0.05, 0.1) is 28.8 Å². The van der Waals surface area contributed by atoms with E-state index in [0.717, 1.165) is 17.4 Å². The van der Waals surface area contributed by atoms with Gasteiger partial charge in [0, 0.05) is 31.2 Å². The van der Waals surface area contributed by atoms with E-state index in [1.165, 1.54) is 24.3 Å². The van der Waals surface area contributed by atoms with Crippen LogP contribution in [-0.4, -0.2) is 65.2 Å². The van der Waals surface area contributed by atoms with E-state index in [4.69, 9.17) is 27.9 Å². The Morgan fingerprint density at radius 3 is 2.50 bits per heavy atom. The number of hydrogen-bond acceptors (Lipinski definition) is 5. The third-order valence-corrected chi connectivity index (χ3v) is 6.98. The minimum Gasteiger partial charge on any atom is -0.379 e. The standard InChI is InChI=1S/C20H23Cl2N3O4S/c21-16-6-7-18(22)19(14-16)25(30(27,28)17-4-2-1-3-5-17)15-20(26)23-8-9-24-10-12-29-13-11-24/h1-7,14H,8-13,15H2,(H,23,26). The minimum absolute atomic E-state index is 0.0576. The minimum atomic E-state index is -4.03. The molecule has 2 aromatic rings. The lowest BCUT2D eigenvalue weighted by Gasteiger charge is -2.27. The van der Waals surface area contributed by atoms with E-state index in [0.29, 0.717) is 31.3 Å². The topological polar surface area (TPSA) is 79.0 Å². The third-order valence-electron chi connectivity index (χ3n) is 4.65. The van der Waals surface area contributed by atoms with Gasteiger partial charge in [-0.15, -0.1) is 0 Å². The second-order valence-corrected chi connectivity index (χ2v) is 9.43. The fourth-order valence-corrected chi connectivity index (χ4v) is 4.95. The largest absolute Gasteiger partial charge is 0.379 e. The summed E-state index contributed by atoms with van der Waals surface area (Å²) in [4.78, 5) is 14.8. The molecule has 30 heavy (non-hydrogen) atoms. The molecule has 1 heterocycles. The summed E-state index contributed by atoms with van der Waals surface area (Å²) in [6, 6.07) is 12.4. The van der Waals surface area contributed by atoms with Crippen molar-refractivity contribution in [2.45, 2.75) is 4.90 Å². The van der Waals surface area contributed by atoms with Crippen molar-refractivity contribution in [2.75, 3.05) is 50.2 Å². The second-order valence-electron chi connectivity index (χ2n) is 6.72. The van der Waals surface area contributed by atoms with E-state index in [-0.39, 0.29) is 15.6 Å². The predicted octanol–water partition coefficient (Wildman–Crippen LogP) is 2.64. The molecule has 0 aliphatic carbocycles. The van der Waals surface area contributed by atoms with Gasteiger partial charge in [0.25, 0.3) is 10.0 Å². The van der Waals surface area contributed by atoms with Gasteiger partial charge < -0.3 is 10.1 Å². The Kier molecular flexibility index (Phi) is 7.96. The van der Waals surface area contributed by atoms with Crippen molar-refractivity contribution in [1.82, 2.24) is 10.2 Å². The molecule has 0 aromatic heterocycles. The number of morpholine rings is 1. The summed E-state index contributed by atoms with van der Waals surface area (Å²) in [7, 11) is -4.03. The second kappa shape index (κ2) is 10.5. The molecule has 1 saturated heterocycles. The van der Waals surface area contributed by atoms with Crippen LogP contribution in [0, 0.1) is 0 Å². The summed E-state index contributed by atoms with van der Waals surface area (Å²) < 4.78 is 32.8. The van der Waals surface area contributed by atoms with E-state index in [1.807, 2.05) is 0 Å². The number of benzene rings is 2. The number of halogens is 2. The third kappa shape index (κ3) is 5.86. The van der Waals surface area contributed by atoms with Gasteiger partial charge >= 0.3 is 0 Å². The van der Waals surface area contributed by atoms with Crippen molar-refractivity contribution in [1.29, 1.82) is 0 Å². The molecule has 7 nitrogen and oxygen atoms in total. The van der Waals surface area contributed by atoms with Gasteiger partial charge in [-0.25, -0.2) is 8.42 Å². The van der Waals surface area contributed by atoms with Crippen molar-refractivity contribution in [3.05, 3.63) is 58.6 Å². The number of hydrogen-bond donors (Lipinski definition) is 1. The molecule has 162 valence electrons. The van der Waals surface area contributed by atoms with Crippen LogP contribution >= 0.6 is 23.2 Å². The molecule has 0 radical (unpaired) electrons. The van der Waals surface area contributed by atoms with Crippen molar-refractivity contribution >= 4 is 44.8 Å². The summed E-state index contributed by atoms with van der Waals surface area (Å²) >= 11 is 12.3. The van der Waals surface area contributed by atoms with Crippen LogP contribution in [0.2, 0.25) is 10.0 Å². The summed E-state index contributed by atoms with van der Waals surface area (Å²) in [5, 5.41) is 3.28. The first kappa shape index (κ1) is 22.8. The molecule has 1 fully saturated rings. The first-order valence-electron chi connectivity index (χ1n) is 9.47. The Hall–Kier alpha value is -1.84. The molecule has 1 amide bonds. The average Bonchev–Trinajstić information content (AvgIpc) is 2.75. The van der Waals surface area contributed by atoms with Crippen LogP contribution in [0.3, 0.4) is 0 Å². The van der Waals surface area contributed by atoms with Crippen LogP contribution in [0.5, 0.6) is 0 Å². The number of rotatable bonds is 8. The number of nitrogens with zero attached hydrogens (tertiary/aromatic N) is 2. The molecule has 2 aromatic carbocycles. The number of anilines is 1. The molecule has 0 unspecified atom stereocenters. The number of ether oxygens (including phenoxy) is 1. The Morgan fingerprint density at radius 1 is 1.10 bits per heavy atom. The van der Waals surface area contributed by atoms with Crippen LogP contribution in [0.15, 0.2) is 53.4 Å². The highest BCUT2D eigenvalue weighted by atomic mass is 35.5. The number of amides is 1. The fourth-order valence-electron chi connectivity index (χ4n) is 3.06. The summed E-state index contributed by atoms with van der Waals surface area (Å²) in [6.45, 7) is 3.61. The highest BCUT2D eigenvalue weighted by molar-refractivity contribution is 7.92. The van der Waals surface area contributed by atoms with E-state index in [9.17, 15) is 13.2 Å². The van der Waals surface area contributed by atoms with Crippen molar-refractivity contribution in [3.8, 4) is 0 Å². The SMILES string of the molecule is O=C(CN(c1cc(Cl)ccc1Cl)S(=O)(=O)c1ccccc1)NCCN1CCOCC1. The molecule has 1 aliphatic heterocycles. The van der Waals surface area contributed by atoms with Crippen molar-refractivity contribution in [3.63, 3.8) is 0 Å². The first-order chi connectivity index (χ1) is 14.4. The van der Waals surface area contributed by atoms with Gasteiger partial charge in [-0.1, -0.05) is 41.4 Å². The number of nitrogens with one attached hydrogen (secondary N) is 1. The van der Waals surface area contributed by atoms with Gasteiger partial charge in [0.1, 0.15) is 6.54 Å². The molecule has 1 N–H and O–H groups in total. The lowest BCUT2D eigenvalue weighted by atomic mass is 10.3. The van der Waals surface area contributed by atoms with Crippen LogP contribution in [-0.2, 0) is 19.6 Å². The van der Waals surface area contributed by atoms with Gasteiger partial charge in [-0.05, 0) is 30.3 Å². The molecular formula is C20H23Cl2N3O4S. The van der Waals surface area contributed by atoms with Crippen LogP contribution in [0.1, 0.15) is 0 Å². The van der Waals surface area contributed by atoms with E-state index < -0.39 is 22.5 Å². The summed E-state index contributed by atoms with van der Waals surface area (Å²) in [5.41, 5.74) is 0.149. The predicted molar refractivity (Wildman–Crippen MR) is 118 cm³/mol. The normalized spacial score (nSPS) is 15.0. The van der Waals surface area contributed by atoms with Gasteiger partial charge in [-0.2, -0.15) is 0 Å². The maximum atomic E-state index is 13.3. The van der Waals surface area contributed by atoms with E-state index in [2.05, 4.69) is 10.2 Å². The zero-order chi connectivity index (χ0) is 21.6. The number of carbonyl (C=O) groups excluding carboxylic acids is 1. The molecule has 1 aliphatic rings. The Bertz CT molecular complexity index is 967. The van der Waals surface area contributed by atoms with Gasteiger partial charge in [0.15, 0.2) is 0 Å². The molecule has 3 rings (SSSR count). The number of carbonyl (C=O) groups is 1. The quantitative estimate of drug-likeness (QED) is 0.639. The van der Waals surface area contributed by atoms with E-state index >= 15 is 0 Å². The highest BCUT2D eigenvalue weighted by Gasteiger charge is 2.29. The summed E-state index contributed by atoms with van der Waals surface area (Å²) in [6.07, 6.45) is 0. The van der Waals surface area contributed by atoms with Gasteiger partial charge in [0.2, 0.25) is 5.91 Å². The first-order valence-corrected chi connectivity index (χ1v) is 11.7. The van der Waals surface area contributed by atoms with Crippen LogP contribution in [0.25, 0.3) is 0 Å². The fraction of sp³-hybridized carbons (Fsp3) is 0.350. The Labute approximate surface area is 186 Å². The zero-order valence-corrected chi connectivity index (χ0v) is 18.6. The Morgan fingerprint density at radius 2 is 1.80 bits per heavy atom. The van der Waals surface area contributed by atoms with Crippen LogP contribution < -0.4 is 9.62 Å². The zero-order valence-electron chi connectivity index (χ0n) is 16.3. The smallest absolute Gasteiger partial charge is 0.264 e. The van der Waals surface area contributed by atoms with Gasteiger partial charge in [-0.3, -0.25) is 14.0 Å². The van der Waals surface area contributed by atoms with E-state index in [1.54, 1.807) is 24.3 Å². The maximum Gasteiger partial charge on any atom is 0.264 e. The maximum absolute atomic E-state index is 13.3. The molecule has 0 saturated carbocycles.